The van der Waals surface area contributed by atoms with E-state index in [0.29, 0.717) is 6.42 Å². The number of carboxylic acids is 1. The molecule has 1 atom stereocenters. The molecule has 4 nitrogen and oxygen atoms in total. The van der Waals surface area contributed by atoms with Crippen molar-refractivity contribution in [1.82, 2.24) is 5.32 Å². The highest BCUT2D eigenvalue weighted by atomic mass is 16.4. The Kier molecular flexibility index (Phi) is 7.53. The Hall–Kier alpha value is -1.06. The Balaban J connectivity index is 2.35. The number of rotatable bonds is 8. The molecule has 2 N–H and O–H groups in total. The Morgan fingerprint density at radius 2 is 1.84 bits per heavy atom. The Labute approximate surface area is 116 Å². The molecule has 1 rings (SSSR count). The van der Waals surface area contributed by atoms with Crippen molar-refractivity contribution in [1.29, 1.82) is 0 Å². The molecule has 0 aromatic heterocycles. The van der Waals surface area contributed by atoms with E-state index in [9.17, 15) is 14.7 Å². The van der Waals surface area contributed by atoms with Crippen LogP contribution in [-0.2, 0) is 9.59 Å². The van der Waals surface area contributed by atoms with Crippen LogP contribution in [0.3, 0.4) is 0 Å². The first-order chi connectivity index (χ1) is 9.15. The molecule has 0 aromatic rings. The molecule has 0 spiro atoms. The monoisotopic (exact) mass is 269 g/mol. The minimum Gasteiger partial charge on any atom is -0.480 e. The molecular weight excluding hydrogens is 242 g/mol. The van der Waals surface area contributed by atoms with Gasteiger partial charge in [0, 0.05) is 6.42 Å². The van der Waals surface area contributed by atoms with E-state index in [2.05, 4.69) is 12.2 Å². The van der Waals surface area contributed by atoms with Gasteiger partial charge in [0.15, 0.2) is 0 Å². The maximum atomic E-state index is 11.8. The Morgan fingerprint density at radius 3 is 2.42 bits per heavy atom. The van der Waals surface area contributed by atoms with Gasteiger partial charge in [-0.15, -0.1) is 0 Å². The topological polar surface area (TPSA) is 66.4 Å². The molecule has 0 radical (unpaired) electrons. The van der Waals surface area contributed by atoms with Gasteiger partial charge >= 0.3 is 5.97 Å². The smallest absolute Gasteiger partial charge is 0.326 e. The van der Waals surface area contributed by atoms with Gasteiger partial charge in [-0.3, -0.25) is 4.79 Å². The largest absolute Gasteiger partial charge is 0.480 e. The molecule has 0 heterocycles. The molecule has 1 amide bonds. The van der Waals surface area contributed by atoms with Crippen molar-refractivity contribution in [2.75, 3.05) is 0 Å². The van der Waals surface area contributed by atoms with Gasteiger partial charge in [0.25, 0.3) is 0 Å². The van der Waals surface area contributed by atoms with Gasteiger partial charge in [0.2, 0.25) is 5.91 Å². The number of hydrogen-bond donors (Lipinski definition) is 2. The maximum absolute atomic E-state index is 11.8. The highest BCUT2D eigenvalue weighted by Gasteiger charge is 2.30. The quantitative estimate of drug-likeness (QED) is 0.665. The lowest BCUT2D eigenvalue weighted by atomic mass is 9.84. The second-order valence-electron chi connectivity index (χ2n) is 5.59. The number of carbonyl (C=O) groups is 2. The summed E-state index contributed by atoms with van der Waals surface area (Å²) in [6, 6.07) is -0.682. The third kappa shape index (κ3) is 6.08. The minimum absolute atomic E-state index is 0.103. The molecule has 19 heavy (non-hydrogen) atoms. The molecular formula is C15H27NO3. The number of nitrogens with one attached hydrogen (secondary N) is 1. The van der Waals surface area contributed by atoms with Crippen molar-refractivity contribution in [3.05, 3.63) is 0 Å². The van der Waals surface area contributed by atoms with Crippen LogP contribution in [0.25, 0.3) is 0 Å². The van der Waals surface area contributed by atoms with Gasteiger partial charge in [-0.2, -0.15) is 0 Å². The fourth-order valence-electron chi connectivity index (χ4n) is 2.81. The molecule has 1 unspecified atom stereocenters. The maximum Gasteiger partial charge on any atom is 0.326 e. The lowest BCUT2D eigenvalue weighted by molar-refractivity contribution is -0.143. The average Bonchev–Trinajstić information content (AvgIpc) is 2.41. The van der Waals surface area contributed by atoms with Crippen molar-refractivity contribution in [2.24, 2.45) is 5.92 Å². The minimum atomic E-state index is -0.881. The third-order valence-electron chi connectivity index (χ3n) is 3.96. The fraction of sp³-hybridized carbons (Fsp3) is 0.867. The van der Waals surface area contributed by atoms with E-state index in [1.165, 1.54) is 6.42 Å². The van der Waals surface area contributed by atoms with Gasteiger partial charge in [-0.1, -0.05) is 45.4 Å². The number of unbranched alkanes of at least 4 members (excludes halogenated alkanes) is 3. The van der Waals surface area contributed by atoms with Crippen LogP contribution in [0.5, 0.6) is 0 Å². The molecule has 1 fully saturated rings. The second kappa shape index (κ2) is 8.94. The summed E-state index contributed by atoms with van der Waals surface area (Å²) in [4.78, 5) is 23.1. The van der Waals surface area contributed by atoms with Crippen LogP contribution < -0.4 is 5.32 Å². The molecule has 4 heteroatoms. The van der Waals surface area contributed by atoms with E-state index in [1.54, 1.807) is 0 Å². The van der Waals surface area contributed by atoms with Crippen LogP contribution in [0.1, 0.15) is 71.1 Å². The lowest BCUT2D eigenvalue weighted by Crippen LogP contribution is -2.46. The number of carboxylic acid groups (broad SMARTS) is 1. The Morgan fingerprint density at radius 1 is 1.16 bits per heavy atom. The third-order valence-corrected chi connectivity index (χ3v) is 3.96. The van der Waals surface area contributed by atoms with E-state index < -0.39 is 12.0 Å². The fourth-order valence-corrected chi connectivity index (χ4v) is 2.81. The van der Waals surface area contributed by atoms with Gasteiger partial charge in [-0.25, -0.2) is 4.79 Å². The summed E-state index contributed by atoms with van der Waals surface area (Å²) < 4.78 is 0. The normalized spacial score (nSPS) is 17.9. The molecule has 110 valence electrons. The van der Waals surface area contributed by atoms with E-state index in [1.807, 2.05) is 0 Å². The number of amides is 1. The summed E-state index contributed by atoms with van der Waals surface area (Å²) >= 11 is 0. The number of carbonyl (C=O) groups excluding carboxylic acids is 1. The van der Waals surface area contributed by atoms with Crippen molar-refractivity contribution in [3.63, 3.8) is 0 Å². The predicted molar refractivity (Wildman–Crippen MR) is 74.9 cm³/mol. The molecule has 1 saturated carbocycles. The molecule has 0 aromatic carbocycles. The Bertz CT molecular complexity index is 285. The van der Waals surface area contributed by atoms with Crippen molar-refractivity contribution >= 4 is 11.9 Å². The van der Waals surface area contributed by atoms with Crippen LogP contribution in [0.15, 0.2) is 0 Å². The summed E-state index contributed by atoms with van der Waals surface area (Å²) in [5.41, 5.74) is 0. The summed E-state index contributed by atoms with van der Waals surface area (Å²) in [6.45, 7) is 2.13. The van der Waals surface area contributed by atoms with Crippen LogP contribution in [0, 0.1) is 5.92 Å². The first kappa shape index (κ1) is 16.0. The molecule has 0 saturated heterocycles. The van der Waals surface area contributed by atoms with Crippen molar-refractivity contribution < 1.29 is 14.7 Å². The van der Waals surface area contributed by atoms with E-state index in [0.717, 1.165) is 51.4 Å². The van der Waals surface area contributed by atoms with E-state index in [4.69, 9.17) is 0 Å². The zero-order valence-electron chi connectivity index (χ0n) is 12.0. The van der Waals surface area contributed by atoms with Gasteiger partial charge < -0.3 is 10.4 Å². The van der Waals surface area contributed by atoms with E-state index in [-0.39, 0.29) is 11.8 Å². The molecule has 1 aliphatic rings. The van der Waals surface area contributed by atoms with Crippen LogP contribution >= 0.6 is 0 Å². The second-order valence-corrected chi connectivity index (χ2v) is 5.59. The summed E-state index contributed by atoms with van der Waals surface area (Å²) in [7, 11) is 0. The van der Waals surface area contributed by atoms with Crippen LogP contribution in [0.2, 0.25) is 0 Å². The summed E-state index contributed by atoms with van der Waals surface area (Å²) in [5.74, 6) is -0.867. The highest BCUT2D eigenvalue weighted by Crippen LogP contribution is 2.26. The van der Waals surface area contributed by atoms with Gasteiger partial charge in [-0.05, 0) is 25.2 Å². The number of hydrogen-bond acceptors (Lipinski definition) is 2. The lowest BCUT2D eigenvalue weighted by Gasteiger charge is -2.28. The van der Waals surface area contributed by atoms with Gasteiger partial charge in [0.05, 0.1) is 0 Å². The first-order valence-corrected chi connectivity index (χ1v) is 7.67. The van der Waals surface area contributed by atoms with Crippen molar-refractivity contribution in [3.8, 4) is 0 Å². The van der Waals surface area contributed by atoms with Crippen molar-refractivity contribution in [2.45, 2.75) is 77.2 Å². The van der Waals surface area contributed by atoms with Crippen LogP contribution in [0.4, 0.5) is 0 Å². The molecule has 0 aliphatic heterocycles. The SMILES string of the molecule is CCCCCCC(=O)NC(C(=O)O)C1CCCCC1. The van der Waals surface area contributed by atoms with Gasteiger partial charge in [0.1, 0.15) is 6.04 Å². The molecule has 0 bridgehead atoms. The standard InChI is InChI=1S/C15H27NO3/c1-2-3-4-8-11-13(17)16-14(15(18)19)12-9-6-5-7-10-12/h12,14H,2-11H2,1H3,(H,16,17)(H,18,19). The summed E-state index contributed by atoms with van der Waals surface area (Å²) in [5, 5.41) is 12.0. The highest BCUT2D eigenvalue weighted by molar-refractivity contribution is 5.83. The van der Waals surface area contributed by atoms with E-state index >= 15 is 0 Å². The zero-order chi connectivity index (χ0) is 14.1. The predicted octanol–water partition coefficient (Wildman–Crippen LogP) is 3.11. The first-order valence-electron chi connectivity index (χ1n) is 7.67. The molecule has 1 aliphatic carbocycles. The summed E-state index contributed by atoms with van der Waals surface area (Å²) in [6.07, 6.45) is 9.84. The zero-order valence-corrected chi connectivity index (χ0v) is 12.0. The number of aliphatic carboxylic acids is 1. The van der Waals surface area contributed by atoms with Crippen LogP contribution in [-0.4, -0.2) is 23.0 Å². The average molecular weight is 269 g/mol.